The van der Waals surface area contributed by atoms with Crippen LogP contribution in [0.1, 0.15) is 5.56 Å². The minimum atomic E-state index is 0. The number of halogens is 1. The molecule has 0 saturated heterocycles. The Balaban J connectivity index is -0.0000000565. The van der Waals surface area contributed by atoms with E-state index in [4.69, 9.17) is 39.6 Å². The van der Waals surface area contributed by atoms with Crippen molar-refractivity contribution in [3.8, 4) is 11.8 Å². The van der Waals surface area contributed by atoms with Crippen molar-refractivity contribution in [1.29, 1.82) is 0 Å². The van der Waals surface area contributed by atoms with Gasteiger partial charge in [0.1, 0.15) is 6.61 Å². The van der Waals surface area contributed by atoms with Gasteiger partial charge in [0.25, 0.3) is 0 Å². The fraction of sp³-hybridized carbons (Fsp3) is 0.133. The van der Waals surface area contributed by atoms with Gasteiger partial charge in [-0.15, -0.1) is 0 Å². The summed E-state index contributed by atoms with van der Waals surface area (Å²) in [7, 11) is 1.62. The first kappa shape index (κ1) is 37.6. The fourth-order valence-corrected chi connectivity index (χ4v) is 0.870. The zero-order valence-corrected chi connectivity index (χ0v) is 15.4. The Morgan fingerprint density at radius 3 is 1.52 bits per heavy atom. The van der Waals surface area contributed by atoms with Gasteiger partial charge < -0.3 is 4.74 Å². The molecule has 6 nitrogen and oxygen atoms in total. The number of benzene rings is 1. The van der Waals surface area contributed by atoms with Crippen LogP contribution in [0.25, 0.3) is 0 Å². The maximum absolute atomic E-state index is 7.50. The second kappa shape index (κ2) is 49.9. The summed E-state index contributed by atoms with van der Waals surface area (Å²) >= 11 is 5.70. The van der Waals surface area contributed by atoms with E-state index < -0.39 is 0 Å². The molecule has 1 aromatic rings. The molecule has 0 aliphatic carbocycles. The molecule has 23 heavy (non-hydrogen) atoms. The van der Waals surface area contributed by atoms with E-state index in [-0.39, 0.29) is 21.1 Å². The number of rotatable bonds is 1. The monoisotopic (exact) mass is 504 g/mol. The molecule has 0 unspecified atom stereocenters. The third-order valence-electron chi connectivity index (χ3n) is 1.29. The molecule has 1 aromatic carbocycles. The second-order valence-electron chi connectivity index (χ2n) is 2.24. The summed E-state index contributed by atoms with van der Waals surface area (Å²) in [5.41, 5.74) is 0.955. The van der Waals surface area contributed by atoms with Gasteiger partial charge in [0, 0.05) is 38.8 Å². The van der Waals surface area contributed by atoms with Gasteiger partial charge in [0.2, 0.25) is 0 Å². The molecule has 0 radical (unpaired) electrons. The molecule has 1 rings (SSSR count). The average Bonchev–Trinajstić information content (AvgIpc) is 2.65. The Morgan fingerprint density at radius 1 is 0.870 bits per heavy atom. The van der Waals surface area contributed by atoms with Crippen LogP contribution in [0.3, 0.4) is 0 Å². The van der Waals surface area contributed by atoms with Gasteiger partial charge in [-0.05, 0) is 24.3 Å². The number of ether oxygens (including phenoxy) is 1. The van der Waals surface area contributed by atoms with Crippen molar-refractivity contribution in [3.05, 3.63) is 68.1 Å². The third-order valence-corrected chi connectivity index (χ3v) is 1.55. The molecule has 0 aliphatic rings. The fourth-order valence-electron chi connectivity index (χ4n) is 0.744. The molecule has 0 bridgehead atoms. The van der Waals surface area contributed by atoms with Gasteiger partial charge in [-0.1, -0.05) is 23.4 Å². The van der Waals surface area contributed by atoms with E-state index in [1.165, 1.54) is 0 Å². The molecule has 0 spiro atoms. The molecule has 0 amide bonds. The predicted molar refractivity (Wildman–Crippen MR) is 69.9 cm³/mol. The van der Waals surface area contributed by atoms with Crippen LogP contribution < -0.4 is 0 Å². The summed E-state index contributed by atoms with van der Waals surface area (Å²) in [5.74, 6) is 5.79. The summed E-state index contributed by atoms with van der Waals surface area (Å²) in [4.78, 5) is 0. The Kier molecular flexibility index (Phi) is 81.5. The molecule has 0 atom stereocenters. The predicted octanol–water partition coefficient (Wildman–Crippen LogP) is 2.15. The van der Waals surface area contributed by atoms with Crippen LogP contribution in [0.4, 0.5) is 0 Å². The van der Waals surface area contributed by atoms with Crippen molar-refractivity contribution in [2.75, 3.05) is 13.7 Å². The van der Waals surface area contributed by atoms with E-state index in [0.717, 1.165) is 10.6 Å². The molecule has 0 aromatic heterocycles. The van der Waals surface area contributed by atoms with Crippen LogP contribution in [0.5, 0.6) is 0 Å². The molecule has 0 saturated carbocycles. The maximum Gasteiger partial charge on any atom is 0 e. The largest absolute Gasteiger partial charge is 0 e. The second-order valence-corrected chi connectivity index (χ2v) is 2.68. The maximum atomic E-state index is 7.50. The van der Waals surface area contributed by atoms with E-state index in [2.05, 4.69) is 45.1 Å². The number of hydrogen-bond acceptors (Lipinski definition) is 1. The van der Waals surface area contributed by atoms with Gasteiger partial charge in [-0.2, -0.15) is 0 Å². The van der Waals surface area contributed by atoms with Gasteiger partial charge in [-0.25, -0.2) is 0 Å². The summed E-state index contributed by atoms with van der Waals surface area (Å²) in [6.07, 6.45) is 0. The molecule has 0 fully saturated rings. The van der Waals surface area contributed by atoms with Crippen LogP contribution in [-0.4, -0.2) is 13.7 Å². The summed E-state index contributed by atoms with van der Waals surface area (Å²) in [6, 6.07) is 7.40. The first-order valence-electron chi connectivity index (χ1n) is 4.58. The van der Waals surface area contributed by atoms with Crippen LogP contribution in [0.2, 0.25) is 5.02 Å². The van der Waals surface area contributed by atoms with Gasteiger partial charge in [-0.3, -0.25) is 0 Å². The summed E-state index contributed by atoms with van der Waals surface area (Å²) in [5, 5.41) is 0.729. The standard InChI is InChI=1S/C10H9ClO.5CO.W/c1-12-8-2-3-9-4-6-10(11)7-5-9;5*1-2;/h4-7H,8H2,1H3;;;;;;. The van der Waals surface area contributed by atoms with Crippen molar-refractivity contribution in [2.24, 2.45) is 0 Å². The first-order valence-corrected chi connectivity index (χ1v) is 4.96. The minimum absolute atomic E-state index is 0. The SMILES string of the molecule is COCC#Cc1ccc(Cl)cc1.[C-]#[O+].[C-]#[O+].[C-]#[O+].[C-]#[O+].[C-]#[O+].[W]. The Morgan fingerprint density at radius 2 is 1.22 bits per heavy atom. The van der Waals surface area contributed by atoms with Crippen molar-refractivity contribution in [1.82, 2.24) is 0 Å². The summed E-state index contributed by atoms with van der Waals surface area (Å²) in [6.45, 7) is 23.0. The smallest absolute Gasteiger partial charge is 0 e. The molecule has 0 N–H and O–H groups in total. The molecule has 0 aliphatic heterocycles. The van der Waals surface area contributed by atoms with Crippen molar-refractivity contribution >= 4 is 11.6 Å². The molecule has 8 heteroatoms. The van der Waals surface area contributed by atoms with Crippen LogP contribution in [0.15, 0.2) is 24.3 Å². The zero-order chi connectivity index (χ0) is 18.8. The van der Waals surface area contributed by atoms with Crippen molar-refractivity contribution in [3.63, 3.8) is 0 Å². The van der Waals surface area contributed by atoms with Crippen LogP contribution in [-0.2, 0) is 49.1 Å². The van der Waals surface area contributed by atoms with Crippen LogP contribution in [0, 0.1) is 45.1 Å². The van der Waals surface area contributed by atoms with Gasteiger partial charge >= 0.3 is 56.5 Å². The number of hydrogen-bond donors (Lipinski definition) is 0. The topological polar surface area (TPSA) is 109 Å². The molecular formula is C15H9ClO6W. The van der Waals surface area contributed by atoms with E-state index >= 15 is 0 Å². The summed E-state index contributed by atoms with van der Waals surface area (Å²) < 4.78 is 42.3. The Bertz CT molecular complexity index is 456. The van der Waals surface area contributed by atoms with E-state index in [9.17, 15) is 0 Å². The Hall–Kier alpha value is -1.58. The number of methoxy groups -OCH3 is 1. The minimum Gasteiger partial charge on any atom is 0 e. The van der Waals surface area contributed by atoms with Crippen molar-refractivity contribution in [2.45, 2.75) is 0 Å². The Labute approximate surface area is 154 Å². The van der Waals surface area contributed by atoms with E-state index in [1.807, 2.05) is 24.3 Å². The molecule has 0 heterocycles. The van der Waals surface area contributed by atoms with E-state index in [0.29, 0.717) is 6.61 Å². The van der Waals surface area contributed by atoms with Gasteiger partial charge in [0.05, 0.1) is 0 Å². The van der Waals surface area contributed by atoms with Gasteiger partial charge in [0.15, 0.2) is 0 Å². The van der Waals surface area contributed by atoms with E-state index in [1.54, 1.807) is 7.11 Å². The average molecular weight is 505 g/mol. The zero-order valence-electron chi connectivity index (χ0n) is 11.8. The quantitative estimate of drug-likeness (QED) is 0.326. The van der Waals surface area contributed by atoms with Crippen molar-refractivity contribution < 1.29 is 49.1 Å². The normalized spacial score (nSPS) is 5.04. The van der Waals surface area contributed by atoms with Crippen LogP contribution >= 0.6 is 11.6 Å². The first-order chi connectivity index (χ1) is 10.8. The third kappa shape index (κ3) is 38.5. The molecular weight excluding hydrogens is 495 g/mol. The molecule has 118 valence electrons.